The van der Waals surface area contributed by atoms with Crippen molar-refractivity contribution in [3.8, 4) is 22.8 Å². The van der Waals surface area contributed by atoms with Crippen molar-refractivity contribution in [1.82, 2.24) is 15.0 Å². The molecule has 4 N–H and O–H groups in total. The van der Waals surface area contributed by atoms with E-state index in [0.717, 1.165) is 5.56 Å². The number of methoxy groups -OCH3 is 2. The summed E-state index contributed by atoms with van der Waals surface area (Å²) in [6, 6.07) is 10.9. The molecule has 4 aromatic rings. The Morgan fingerprint density at radius 3 is 2.53 bits per heavy atom. The highest BCUT2D eigenvalue weighted by atomic mass is 35.5. The molecule has 0 aliphatic carbocycles. The van der Waals surface area contributed by atoms with Crippen molar-refractivity contribution in [3.63, 3.8) is 0 Å². The smallest absolute Gasteiger partial charge is 0.222 e. The maximum absolute atomic E-state index is 6.23. The molecule has 0 saturated heterocycles. The van der Waals surface area contributed by atoms with Crippen LogP contribution < -0.4 is 20.9 Å². The number of ether oxygens (including phenoxy) is 3. The molecule has 0 aliphatic rings. The Hall–Kier alpha value is -3.36. The first-order valence-electron chi connectivity index (χ1n) is 9.14. The second-order valence-electron chi connectivity index (χ2n) is 6.52. The molecule has 0 unspecified atom stereocenters. The van der Waals surface area contributed by atoms with E-state index in [2.05, 4.69) is 9.97 Å². The van der Waals surface area contributed by atoms with Gasteiger partial charge in [0.2, 0.25) is 5.95 Å². The third kappa shape index (κ3) is 3.62. The summed E-state index contributed by atoms with van der Waals surface area (Å²) in [4.78, 5) is 13.4. The van der Waals surface area contributed by atoms with Crippen molar-refractivity contribution < 1.29 is 14.2 Å². The van der Waals surface area contributed by atoms with Gasteiger partial charge in [-0.25, -0.2) is 9.97 Å². The highest BCUT2D eigenvalue weighted by molar-refractivity contribution is 6.31. The first kappa shape index (κ1) is 19.9. The monoisotopic (exact) mass is 425 g/mol. The van der Waals surface area contributed by atoms with Gasteiger partial charge in [-0.1, -0.05) is 23.7 Å². The van der Waals surface area contributed by atoms with Crippen LogP contribution in [-0.4, -0.2) is 42.4 Å². The third-order valence-corrected chi connectivity index (χ3v) is 4.84. The highest BCUT2D eigenvalue weighted by Gasteiger charge is 2.19. The van der Waals surface area contributed by atoms with Crippen LogP contribution in [0.25, 0.3) is 33.1 Å². The molecule has 2 aromatic carbocycles. The predicted octanol–water partition coefficient (Wildman–Crippen LogP) is 3.70. The van der Waals surface area contributed by atoms with Crippen LogP contribution in [0.3, 0.4) is 0 Å². The quantitative estimate of drug-likeness (QED) is 0.354. The van der Waals surface area contributed by atoms with E-state index in [1.807, 2.05) is 18.2 Å². The Morgan fingerprint density at radius 2 is 1.80 bits per heavy atom. The van der Waals surface area contributed by atoms with E-state index in [1.165, 1.54) is 0 Å². The summed E-state index contributed by atoms with van der Waals surface area (Å²) >= 11 is 6.21. The molecule has 0 bridgehead atoms. The lowest BCUT2D eigenvalue weighted by atomic mass is 10.0. The number of hydrogen-bond donors (Lipinski definition) is 2. The summed E-state index contributed by atoms with van der Waals surface area (Å²) < 4.78 is 16.4. The molecular formula is C21H20ClN5O3. The Bertz CT molecular complexity index is 1250. The molecule has 0 spiro atoms. The Morgan fingerprint density at radius 1 is 0.967 bits per heavy atom. The Kier molecular flexibility index (Phi) is 5.43. The van der Waals surface area contributed by atoms with Crippen LogP contribution in [0.4, 0.5) is 11.8 Å². The Balaban J connectivity index is 2.05. The van der Waals surface area contributed by atoms with Gasteiger partial charge >= 0.3 is 0 Å². The van der Waals surface area contributed by atoms with E-state index in [0.29, 0.717) is 57.2 Å². The number of hydrogen-bond acceptors (Lipinski definition) is 8. The van der Waals surface area contributed by atoms with Crippen molar-refractivity contribution in [1.29, 1.82) is 0 Å². The van der Waals surface area contributed by atoms with Gasteiger partial charge in [0.15, 0.2) is 11.5 Å². The zero-order valence-electron chi connectivity index (χ0n) is 16.5. The summed E-state index contributed by atoms with van der Waals surface area (Å²) in [6.45, 7) is 0.815. The van der Waals surface area contributed by atoms with E-state index >= 15 is 0 Å². The molecular weight excluding hydrogens is 406 g/mol. The highest BCUT2D eigenvalue weighted by Crippen LogP contribution is 2.39. The first-order chi connectivity index (χ1) is 14.5. The van der Waals surface area contributed by atoms with Crippen molar-refractivity contribution in [2.24, 2.45) is 0 Å². The minimum absolute atomic E-state index is 0.0731. The summed E-state index contributed by atoms with van der Waals surface area (Å²) in [7, 11) is 3.18. The van der Waals surface area contributed by atoms with E-state index < -0.39 is 0 Å². The minimum Gasteiger partial charge on any atom is -0.493 e. The maximum Gasteiger partial charge on any atom is 0.222 e. The second kappa shape index (κ2) is 8.17. The fraction of sp³-hybridized carbons (Fsp3) is 0.190. The van der Waals surface area contributed by atoms with Gasteiger partial charge in [-0.15, -0.1) is 0 Å². The average molecular weight is 426 g/mol. The standard InChI is InChI=1S/C21H20ClN5O3/c1-28-6-7-30-16-10-14-13(9-15(16)29-2)19-17(20(23)27-21(24)26-19)18(25-14)11-4-3-5-12(22)8-11/h3-5,8-10H,6-7H2,1-2H3,(H4,23,24,26,27). The van der Waals surface area contributed by atoms with Gasteiger partial charge < -0.3 is 25.7 Å². The number of aromatic nitrogens is 3. The summed E-state index contributed by atoms with van der Waals surface area (Å²) in [5.74, 6) is 1.39. The van der Waals surface area contributed by atoms with Crippen LogP contribution in [0.2, 0.25) is 5.02 Å². The average Bonchev–Trinajstić information content (AvgIpc) is 2.72. The Labute approximate surface area is 177 Å². The van der Waals surface area contributed by atoms with Crippen LogP contribution in [0.5, 0.6) is 11.5 Å². The fourth-order valence-corrected chi connectivity index (χ4v) is 3.47. The van der Waals surface area contributed by atoms with Crippen LogP contribution in [-0.2, 0) is 4.74 Å². The second-order valence-corrected chi connectivity index (χ2v) is 6.96. The molecule has 8 nitrogen and oxygen atoms in total. The fourth-order valence-electron chi connectivity index (χ4n) is 3.28. The summed E-state index contributed by atoms with van der Waals surface area (Å²) in [6.07, 6.45) is 0. The van der Waals surface area contributed by atoms with Gasteiger partial charge in [-0.3, -0.25) is 0 Å². The molecule has 154 valence electrons. The lowest BCUT2D eigenvalue weighted by Gasteiger charge is -2.15. The number of nitrogens with two attached hydrogens (primary N) is 2. The van der Waals surface area contributed by atoms with E-state index in [4.69, 9.17) is 42.3 Å². The number of halogens is 1. The number of pyridine rings is 1. The van der Waals surface area contributed by atoms with Crippen LogP contribution in [0, 0.1) is 0 Å². The molecule has 0 amide bonds. The van der Waals surface area contributed by atoms with Crippen LogP contribution in [0.1, 0.15) is 0 Å². The molecule has 30 heavy (non-hydrogen) atoms. The zero-order chi connectivity index (χ0) is 21.3. The number of fused-ring (bicyclic) bond motifs is 3. The summed E-state index contributed by atoms with van der Waals surface area (Å²) in [5.41, 5.74) is 14.7. The van der Waals surface area contributed by atoms with Gasteiger partial charge in [-0.2, -0.15) is 4.98 Å². The minimum atomic E-state index is 0.0731. The number of nitrogen functional groups attached to an aromatic ring is 2. The zero-order valence-corrected chi connectivity index (χ0v) is 17.2. The lowest BCUT2D eigenvalue weighted by molar-refractivity contribution is 0.144. The molecule has 0 atom stereocenters. The molecule has 0 fully saturated rings. The van der Waals surface area contributed by atoms with E-state index in [9.17, 15) is 0 Å². The van der Waals surface area contributed by atoms with Gasteiger partial charge in [0, 0.05) is 29.1 Å². The molecule has 4 rings (SSSR count). The molecule has 0 aliphatic heterocycles. The summed E-state index contributed by atoms with van der Waals surface area (Å²) in [5, 5.41) is 1.89. The normalized spacial score (nSPS) is 11.2. The SMILES string of the molecule is COCCOc1cc2nc(-c3cccc(Cl)c3)c3c(N)nc(N)nc3c2cc1OC. The number of rotatable bonds is 6. The van der Waals surface area contributed by atoms with E-state index in [1.54, 1.807) is 32.4 Å². The predicted molar refractivity (Wildman–Crippen MR) is 118 cm³/mol. The largest absolute Gasteiger partial charge is 0.493 e. The van der Waals surface area contributed by atoms with Gasteiger partial charge in [0.05, 0.1) is 35.8 Å². The number of benzene rings is 2. The van der Waals surface area contributed by atoms with Crippen molar-refractivity contribution in [2.75, 3.05) is 38.9 Å². The number of anilines is 2. The van der Waals surface area contributed by atoms with Gasteiger partial charge in [0.25, 0.3) is 0 Å². The number of nitrogens with zero attached hydrogens (tertiary/aromatic N) is 3. The van der Waals surface area contributed by atoms with E-state index in [-0.39, 0.29) is 11.8 Å². The van der Waals surface area contributed by atoms with Crippen LogP contribution >= 0.6 is 11.6 Å². The van der Waals surface area contributed by atoms with Gasteiger partial charge in [0.1, 0.15) is 12.4 Å². The van der Waals surface area contributed by atoms with Crippen molar-refractivity contribution in [2.45, 2.75) is 0 Å². The molecule has 2 aromatic heterocycles. The molecule has 9 heteroatoms. The maximum atomic E-state index is 6.23. The molecule has 0 radical (unpaired) electrons. The van der Waals surface area contributed by atoms with Crippen molar-refractivity contribution in [3.05, 3.63) is 41.4 Å². The molecule has 2 heterocycles. The van der Waals surface area contributed by atoms with Crippen molar-refractivity contribution >= 4 is 45.2 Å². The molecule has 0 saturated carbocycles. The third-order valence-electron chi connectivity index (χ3n) is 4.60. The topological polar surface area (TPSA) is 118 Å². The first-order valence-corrected chi connectivity index (χ1v) is 9.51. The van der Waals surface area contributed by atoms with Gasteiger partial charge in [-0.05, 0) is 18.2 Å². The lowest BCUT2D eigenvalue weighted by Crippen LogP contribution is -2.06. The van der Waals surface area contributed by atoms with Crippen LogP contribution in [0.15, 0.2) is 36.4 Å².